The van der Waals surface area contributed by atoms with Gasteiger partial charge in [0.05, 0.1) is 0 Å². The number of hydrogen-bond donors (Lipinski definition) is 0. The molecular weight excluding hydrogens is 132 g/mol. The van der Waals surface area contributed by atoms with Crippen molar-refractivity contribution in [1.82, 2.24) is 0 Å². The molecule has 2 unspecified atom stereocenters. The molecule has 11 heavy (non-hydrogen) atoms. The van der Waals surface area contributed by atoms with Gasteiger partial charge in [0.2, 0.25) is 0 Å². The molecule has 3 aliphatic carbocycles. The van der Waals surface area contributed by atoms with Crippen molar-refractivity contribution in [3.8, 4) is 0 Å². The third-order valence-electron chi connectivity index (χ3n) is 3.08. The highest BCUT2D eigenvalue weighted by Crippen LogP contribution is 2.50. The number of rotatable bonds is 0. The molecule has 0 nitrogen and oxygen atoms in total. The second-order valence-corrected chi connectivity index (χ2v) is 3.88. The Balaban J connectivity index is 2.02. The number of fused-ring (bicyclic) bond motifs is 2. The van der Waals surface area contributed by atoms with Gasteiger partial charge in [-0.15, -0.1) is 0 Å². The van der Waals surface area contributed by atoms with Gasteiger partial charge in [0, 0.05) is 0 Å². The summed E-state index contributed by atoms with van der Waals surface area (Å²) in [4.78, 5) is 0. The molecular formula is C11H12. The highest BCUT2D eigenvalue weighted by molar-refractivity contribution is 5.42. The van der Waals surface area contributed by atoms with Gasteiger partial charge in [-0.2, -0.15) is 0 Å². The number of allylic oxidation sites excluding steroid dienone is 6. The molecule has 0 heteroatoms. The third-order valence-corrected chi connectivity index (χ3v) is 3.08. The molecule has 1 saturated carbocycles. The normalized spacial score (nSPS) is 38.5. The van der Waals surface area contributed by atoms with Crippen LogP contribution in [0.25, 0.3) is 0 Å². The fourth-order valence-corrected chi connectivity index (χ4v) is 2.29. The van der Waals surface area contributed by atoms with Crippen LogP contribution in [0.15, 0.2) is 35.5 Å². The van der Waals surface area contributed by atoms with Crippen LogP contribution < -0.4 is 0 Å². The zero-order valence-electron chi connectivity index (χ0n) is 6.59. The molecule has 0 heterocycles. The molecule has 3 rings (SSSR count). The summed E-state index contributed by atoms with van der Waals surface area (Å²) in [5.74, 6) is 1.86. The van der Waals surface area contributed by atoms with Gasteiger partial charge in [0.1, 0.15) is 0 Å². The molecule has 0 aromatic heterocycles. The number of hydrogen-bond acceptors (Lipinski definition) is 0. The van der Waals surface area contributed by atoms with Crippen molar-refractivity contribution in [2.75, 3.05) is 0 Å². The zero-order valence-corrected chi connectivity index (χ0v) is 6.59. The lowest BCUT2D eigenvalue weighted by Gasteiger charge is -2.21. The lowest BCUT2D eigenvalue weighted by molar-refractivity contribution is 0.531. The van der Waals surface area contributed by atoms with E-state index in [9.17, 15) is 0 Å². The molecule has 0 bridgehead atoms. The Hall–Kier alpha value is -0.780. The van der Waals surface area contributed by atoms with E-state index in [0.717, 1.165) is 11.8 Å². The van der Waals surface area contributed by atoms with Gasteiger partial charge < -0.3 is 0 Å². The van der Waals surface area contributed by atoms with Crippen molar-refractivity contribution in [3.05, 3.63) is 35.5 Å². The van der Waals surface area contributed by atoms with Crippen LogP contribution in [0.3, 0.4) is 0 Å². The summed E-state index contributed by atoms with van der Waals surface area (Å²) < 4.78 is 0. The van der Waals surface area contributed by atoms with Gasteiger partial charge in [0.25, 0.3) is 0 Å². The largest absolute Gasteiger partial charge is 0.0839 e. The van der Waals surface area contributed by atoms with E-state index < -0.39 is 0 Å². The summed E-state index contributed by atoms with van der Waals surface area (Å²) in [5.41, 5.74) is 3.30. The predicted molar refractivity (Wildman–Crippen MR) is 46.1 cm³/mol. The summed E-state index contributed by atoms with van der Waals surface area (Å²) in [5, 5.41) is 0. The highest BCUT2D eigenvalue weighted by Gasteiger charge is 2.36. The van der Waals surface area contributed by atoms with Gasteiger partial charge in [-0.3, -0.25) is 0 Å². The average molecular weight is 144 g/mol. The molecule has 0 aliphatic heterocycles. The van der Waals surface area contributed by atoms with Crippen molar-refractivity contribution in [3.63, 3.8) is 0 Å². The van der Waals surface area contributed by atoms with Gasteiger partial charge >= 0.3 is 0 Å². The first-order valence-corrected chi connectivity index (χ1v) is 4.50. The predicted octanol–water partition coefficient (Wildman–Crippen LogP) is 2.84. The molecule has 1 fully saturated rings. The van der Waals surface area contributed by atoms with Crippen LogP contribution in [0.5, 0.6) is 0 Å². The van der Waals surface area contributed by atoms with Crippen molar-refractivity contribution >= 4 is 0 Å². The Morgan fingerprint density at radius 2 is 2.27 bits per heavy atom. The van der Waals surface area contributed by atoms with E-state index in [2.05, 4.69) is 24.3 Å². The van der Waals surface area contributed by atoms with Crippen LogP contribution in [-0.4, -0.2) is 0 Å². The minimum absolute atomic E-state index is 0.872. The van der Waals surface area contributed by atoms with Crippen LogP contribution in [0.2, 0.25) is 0 Å². The van der Waals surface area contributed by atoms with Crippen LogP contribution in [-0.2, 0) is 0 Å². The standard InChI is InChI=1S/C11H12/c1-2-4-9-6-11-7-10(11)5-8(9)3-1/h1-3,5,9,11H,4,6-7H2. The summed E-state index contributed by atoms with van der Waals surface area (Å²) in [6, 6.07) is 0. The highest BCUT2D eigenvalue weighted by atomic mass is 14.4. The maximum Gasteiger partial charge on any atom is -0.0121 e. The summed E-state index contributed by atoms with van der Waals surface area (Å²) in [6.07, 6.45) is 13.3. The molecule has 0 aromatic rings. The lowest BCUT2D eigenvalue weighted by Crippen LogP contribution is -2.08. The first kappa shape index (κ1) is 5.82. The van der Waals surface area contributed by atoms with E-state index in [1.165, 1.54) is 19.3 Å². The lowest BCUT2D eigenvalue weighted by atomic mass is 9.84. The quantitative estimate of drug-likeness (QED) is 0.490. The molecule has 3 aliphatic rings. The topological polar surface area (TPSA) is 0 Å². The van der Waals surface area contributed by atoms with E-state index in [1.54, 1.807) is 11.1 Å². The molecule has 0 amide bonds. The third kappa shape index (κ3) is 0.819. The minimum atomic E-state index is 0.872. The summed E-state index contributed by atoms with van der Waals surface area (Å²) in [7, 11) is 0. The Morgan fingerprint density at radius 1 is 1.27 bits per heavy atom. The monoisotopic (exact) mass is 144 g/mol. The van der Waals surface area contributed by atoms with E-state index in [4.69, 9.17) is 0 Å². The van der Waals surface area contributed by atoms with Crippen LogP contribution in [0.1, 0.15) is 19.3 Å². The molecule has 0 N–H and O–H groups in total. The van der Waals surface area contributed by atoms with E-state index >= 15 is 0 Å². The van der Waals surface area contributed by atoms with Crippen LogP contribution >= 0.6 is 0 Å². The second-order valence-electron chi connectivity index (χ2n) is 3.88. The Morgan fingerprint density at radius 3 is 3.27 bits per heavy atom. The summed E-state index contributed by atoms with van der Waals surface area (Å²) >= 11 is 0. The van der Waals surface area contributed by atoms with Crippen molar-refractivity contribution in [2.24, 2.45) is 11.8 Å². The molecule has 0 aromatic carbocycles. The van der Waals surface area contributed by atoms with E-state index in [1.807, 2.05) is 0 Å². The maximum atomic E-state index is 2.43. The first-order chi connectivity index (χ1) is 5.43. The van der Waals surface area contributed by atoms with Gasteiger partial charge in [-0.1, -0.05) is 29.9 Å². The zero-order chi connectivity index (χ0) is 7.26. The van der Waals surface area contributed by atoms with Crippen LogP contribution in [0.4, 0.5) is 0 Å². The average Bonchev–Trinajstić information content (AvgIpc) is 2.77. The Labute approximate surface area is 67.3 Å². The Bertz CT molecular complexity index is 276. The minimum Gasteiger partial charge on any atom is -0.0839 e. The Kier molecular flexibility index (Phi) is 0.993. The van der Waals surface area contributed by atoms with E-state index in [0.29, 0.717) is 0 Å². The van der Waals surface area contributed by atoms with Gasteiger partial charge in [0.15, 0.2) is 0 Å². The molecule has 0 spiro atoms. The molecule has 56 valence electrons. The molecule has 2 atom stereocenters. The second kappa shape index (κ2) is 1.88. The molecule has 0 radical (unpaired) electrons. The van der Waals surface area contributed by atoms with Crippen molar-refractivity contribution in [2.45, 2.75) is 19.3 Å². The summed E-state index contributed by atoms with van der Waals surface area (Å²) in [6.45, 7) is 0. The van der Waals surface area contributed by atoms with E-state index in [-0.39, 0.29) is 0 Å². The molecule has 0 saturated heterocycles. The van der Waals surface area contributed by atoms with Crippen molar-refractivity contribution in [1.29, 1.82) is 0 Å². The van der Waals surface area contributed by atoms with Gasteiger partial charge in [-0.25, -0.2) is 0 Å². The van der Waals surface area contributed by atoms with Crippen LogP contribution in [0, 0.1) is 11.8 Å². The fraction of sp³-hybridized carbons (Fsp3) is 0.455. The van der Waals surface area contributed by atoms with Gasteiger partial charge in [-0.05, 0) is 36.7 Å². The van der Waals surface area contributed by atoms with Crippen molar-refractivity contribution < 1.29 is 0 Å². The first-order valence-electron chi connectivity index (χ1n) is 4.50. The SMILES string of the molecule is C1=CCC2CC3CC3=CC2=C1. The smallest absolute Gasteiger partial charge is 0.0121 e. The fourth-order valence-electron chi connectivity index (χ4n) is 2.29. The maximum absolute atomic E-state index is 2.43.